The molecule has 206 valence electrons. The zero-order valence-corrected chi connectivity index (χ0v) is 24.0. The zero-order valence-electron chi connectivity index (χ0n) is 22.4. The second kappa shape index (κ2) is 10.6. The number of benzene rings is 2. The maximum absolute atomic E-state index is 13.5. The second-order valence-corrected chi connectivity index (χ2v) is 13.8. The molecule has 4 nitrogen and oxygen atoms in total. The highest BCUT2D eigenvalue weighted by molar-refractivity contribution is 7.84. The Hall–Kier alpha value is -2.85. The number of hydrogen-bond donors (Lipinski definition) is 2. The van der Waals surface area contributed by atoms with E-state index in [1.54, 1.807) is 6.07 Å². The number of hydrogen-bond acceptors (Lipinski definition) is 4. The Balaban J connectivity index is 1.88. The molecule has 2 N–H and O–H groups in total. The van der Waals surface area contributed by atoms with Crippen LogP contribution in [-0.2, 0) is 16.6 Å². The molecule has 2 aromatic heterocycles. The highest BCUT2D eigenvalue weighted by atomic mass is 32.2. The van der Waals surface area contributed by atoms with Crippen LogP contribution in [0.15, 0.2) is 73.4 Å². The SMILES string of the molecule is C=C(C)c1ccccc1[C@@H](N[S@@](=O)C(C)(C)C)c1cc2cccc(-c3cc([C@](C)(O)C(F)(F)F)ccn3)c2s1. The van der Waals surface area contributed by atoms with Crippen molar-refractivity contribution in [1.29, 1.82) is 0 Å². The van der Waals surface area contributed by atoms with Gasteiger partial charge in [0.15, 0.2) is 5.60 Å². The fourth-order valence-corrected chi connectivity index (χ4v) is 6.32. The van der Waals surface area contributed by atoms with Crippen LogP contribution >= 0.6 is 11.3 Å². The van der Waals surface area contributed by atoms with Gasteiger partial charge >= 0.3 is 6.18 Å². The van der Waals surface area contributed by atoms with Crippen molar-refractivity contribution in [3.8, 4) is 11.3 Å². The molecule has 0 aliphatic rings. The standard InChI is InChI=1S/C30H31F3N2O2S2/c1-18(2)21-11-7-8-12-22(21)26(35-39(37)28(3,4)5)25-16-19-10-9-13-23(27(19)38-25)24-17-20(14-15-34-24)29(6,36)30(31,32)33/h7-17,26,35-36H,1H2,2-6H3/t26-,29+,39+/m1/s1. The molecule has 0 spiro atoms. The highest BCUT2D eigenvalue weighted by Crippen LogP contribution is 2.42. The van der Waals surface area contributed by atoms with E-state index < -0.39 is 33.6 Å². The van der Waals surface area contributed by atoms with E-state index in [1.807, 2.05) is 70.2 Å². The number of aliphatic hydroxyl groups is 1. The third kappa shape index (κ3) is 5.87. The summed E-state index contributed by atoms with van der Waals surface area (Å²) in [4.78, 5) is 5.23. The zero-order chi connectivity index (χ0) is 28.8. The van der Waals surface area contributed by atoms with Crippen molar-refractivity contribution in [2.75, 3.05) is 0 Å². The normalized spacial score (nSPS) is 15.6. The molecule has 0 radical (unpaired) electrons. The lowest BCUT2D eigenvalue weighted by Gasteiger charge is -2.26. The van der Waals surface area contributed by atoms with Crippen LogP contribution in [0, 0.1) is 0 Å². The molecule has 9 heteroatoms. The van der Waals surface area contributed by atoms with Crippen LogP contribution in [0.5, 0.6) is 0 Å². The van der Waals surface area contributed by atoms with Crippen LogP contribution < -0.4 is 4.72 Å². The van der Waals surface area contributed by atoms with Crippen LogP contribution in [-0.4, -0.2) is 25.2 Å². The Morgan fingerprint density at radius 1 is 1.05 bits per heavy atom. The van der Waals surface area contributed by atoms with E-state index in [0.29, 0.717) is 11.3 Å². The van der Waals surface area contributed by atoms with Crippen molar-refractivity contribution in [2.24, 2.45) is 0 Å². The molecule has 39 heavy (non-hydrogen) atoms. The van der Waals surface area contributed by atoms with Gasteiger partial charge in [-0.3, -0.25) is 4.98 Å². The Kier molecular flexibility index (Phi) is 7.93. The Labute approximate surface area is 233 Å². The Morgan fingerprint density at radius 3 is 2.38 bits per heavy atom. The Bertz CT molecular complexity index is 1550. The fraction of sp³-hybridized carbons (Fsp3) is 0.300. The molecule has 4 aromatic rings. The van der Waals surface area contributed by atoms with Gasteiger partial charge in [-0.05, 0) is 74.9 Å². The molecule has 0 aliphatic carbocycles. The summed E-state index contributed by atoms with van der Waals surface area (Å²) in [7, 11) is -1.39. The van der Waals surface area contributed by atoms with Gasteiger partial charge in [0.05, 0.1) is 27.5 Å². The molecule has 2 aromatic carbocycles. The third-order valence-corrected chi connectivity index (χ3v) is 9.32. The molecule has 0 saturated heterocycles. The van der Waals surface area contributed by atoms with Crippen molar-refractivity contribution in [3.63, 3.8) is 0 Å². The topological polar surface area (TPSA) is 62.2 Å². The van der Waals surface area contributed by atoms with Crippen molar-refractivity contribution >= 4 is 38.0 Å². The summed E-state index contributed by atoms with van der Waals surface area (Å²) >= 11 is 1.46. The minimum atomic E-state index is -4.84. The van der Waals surface area contributed by atoms with Gasteiger partial charge in [-0.2, -0.15) is 13.2 Å². The van der Waals surface area contributed by atoms with Crippen LogP contribution in [0.3, 0.4) is 0 Å². The van der Waals surface area contributed by atoms with E-state index in [-0.39, 0.29) is 5.56 Å². The fourth-order valence-electron chi connectivity index (χ4n) is 4.17. The number of allylic oxidation sites excluding steroid dienone is 1. The molecule has 2 heterocycles. The lowest BCUT2D eigenvalue weighted by molar-refractivity contribution is -0.258. The smallest absolute Gasteiger partial charge is 0.376 e. The second-order valence-electron chi connectivity index (χ2n) is 10.7. The summed E-state index contributed by atoms with van der Waals surface area (Å²) in [6.45, 7) is 12.5. The average molecular weight is 573 g/mol. The van der Waals surface area contributed by atoms with Gasteiger partial charge in [0, 0.05) is 21.3 Å². The largest absolute Gasteiger partial charge is 0.421 e. The molecule has 0 amide bonds. The molecule has 0 saturated carbocycles. The molecule has 0 aliphatic heterocycles. The molecule has 0 fully saturated rings. The average Bonchev–Trinajstić information content (AvgIpc) is 3.30. The van der Waals surface area contributed by atoms with Gasteiger partial charge in [0.1, 0.15) is 0 Å². The number of alkyl halides is 3. The summed E-state index contributed by atoms with van der Waals surface area (Å²) in [5, 5.41) is 11.1. The van der Waals surface area contributed by atoms with Crippen LogP contribution in [0.2, 0.25) is 0 Å². The number of fused-ring (bicyclic) bond motifs is 1. The minimum absolute atomic E-state index is 0.288. The quantitative estimate of drug-likeness (QED) is 0.237. The van der Waals surface area contributed by atoms with Gasteiger partial charge < -0.3 is 5.11 Å². The number of nitrogens with one attached hydrogen (secondary N) is 1. The van der Waals surface area contributed by atoms with Gasteiger partial charge in [0.25, 0.3) is 0 Å². The molecular formula is C30H31F3N2O2S2. The summed E-state index contributed by atoms with van der Waals surface area (Å²) in [5.74, 6) is 0. The van der Waals surface area contributed by atoms with Gasteiger partial charge in [-0.15, -0.1) is 11.3 Å². The van der Waals surface area contributed by atoms with E-state index in [2.05, 4.69) is 16.3 Å². The minimum Gasteiger partial charge on any atom is -0.376 e. The molecule has 3 atom stereocenters. The number of pyridine rings is 1. The first-order valence-electron chi connectivity index (χ1n) is 12.3. The summed E-state index contributed by atoms with van der Waals surface area (Å²) in [5.41, 5.74) is 0.410. The highest BCUT2D eigenvalue weighted by Gasteiger charge is 2.51. The van der Waals surface area contributed by atoms with Crippen molar-refractivity contribution in [2.45, 2.75) is 57.2 Å². The van der Waals surface area contributed by atoms with Crippen LogP contribution in [0.4, 0.5) is 13.2 Å². The van der Waals surface area contributed by atoms with E-state index in [0.717, 1.165) is 38.6 Å². The van der Waals surface area contributed by atoms with E-state index >= 15 is 0 Å². The lowest BCUT2D eigenvalue weighted by atomic mass is 9.94. The third-order valence-electron chi connectivity index (χ3n) is 6.51. The first-order chi connectivity index (χ1) is 18.1. The first kappa shape index (κ1) is 29.1. The number of rotatable bonds is 7. The maximum atomic E-state index is 13.5. The number of aromatic nitrogens is 1. The summed E-state index contributed by atoms with van der Waals surface area (Å²) in [6, 6.07) is 17.4. The summed E-state index contributed by atoms with van der Waals surface area (Å²) < 4.78 is 57.5. The monoisotopic (exact) mass is 572 g/mol. The summed E-state index contributed by atoms with van der Waals surface area (Å²) in [6.07, 6.45) is -3.57. The van der Waals surface area contributed by atoms with E-state index in [1.165, 1.54) is 29.7 Å². The number of thiophene rings is 1. The predicted octanol–water partition coefficient (Wildman–Crippen LogP) is 7.91. The first-order valence-corrected chi connectivity index (χ1v) is 14.3. The van der Waals surface area contributed by atoms with Gasteiger partial charge in [0.2, 0.25) is 0 Å². The Morgan fingerprint density at radius 2 is 1.74 bits per heavy atom. The van der Waals surface area contributed by atoms with Gasteiger partial charge in [-0.1, -0.05) is 54.6 Å². The van der Waals surface area contributed by atoms with Crippen LogP contribution in [0.25, 0.3) is 26.9 Å². The van der Waals surface area contributed by atoms with Gasteiger partial charge in [-0.25, -0.2) is 8.93 Å². The number of halogens is 3. The molecule has 4 rings (SSSR count). The predicted molar refractivity (Wildman–Crippen MR) is 155 cm³/mol. The van der Waals surface area contributed by atoms with Crippen LogP contribution in [0.1, 0.15) is 62.2 Å². The molecule has 0 unspecified atom stereocenters. The van der Waals surface area contributed by atoms with E-state index in [9.17, 15) is 22.5 Å². The van der Waals surface area contributed by atoms with Crippen molar-refractivity contribution in [1.82, 2.24) is 9.71 Å². The van der Waals surface area contributed by atoms with Crippen molar-refractivity contribution in [3.05, 3.63) is 95.0 Å². The van der Waals surface area contributed by atoms with Crippen molar-refractivity contribution < 1.29 is 22.5 Å². The maximum Gasteiger partial charge on any atom is 0.421 e. The lowest BCUT2D eigenvalue weighted by Crippen LogP contribution is -2.39. The number of nitrogens with zero attached hydrogens (tertiary/aromatic N) is 1. The molecule has 0 bridgehead atoms. The van der Waals surface area contributed by atoms with E-state index in [4.69, 9.17) is 0 Å². The molecular weight excluding hydrogens is 541 g/mol.